The number of likely N-dealkylation sites (tertiary alicyclic amines) is 1. The minimum atomic E-state index is -0.719. The van der Waals surface area contributed by atoms with E-state index < -0.39 is 17.7 Å². The summed E-state index contributed by atoms with van der Waals surface area (Å²) < 4.78 is 0. The summed E-state index contributed by atoms with van der Waals surface area (Å²) >= 11 is 1.51. The van der Waals surface area contributed by atoms with Crippen molar-refractivity contribution in [1.82, 2.24) is 14.9 Å². The van der Waals surface area contributed by atoms with Crippen molar-refractivity contribution in [2.24, 2.45) is 0 Å². The highest BCUT2D eigenvalue weighted by Crippen LogP contribution is 2.40. The van der Waals surface area contributed by atoms with Crippen LogP contribution in [0.5, 0.6) is 0 Å². The van der Waals surface area contributed by atoms with Gasteiger partial charge in [-0.15, -0.1) is 11.3 Å². The van der Waals surface area contributed by atoms with Gasteiger partial charge in [-0.05, 0) is 17.0 Å². The van der Waals surface area contributed by atoms with Crippen molar-refractivity contribution in [2.75, 3.05) is 0 Å². The first-order valence-corrected chi connectivity index (χ1v) is 9.17. The fourth-order valence-corrected chi connectivity index (χ4v) is 3.86. The lowest BCUT2D eigenvalue weighted by Gasteiger charge is -2.24. The number of carbonyl (C=O) groups excluding carboxylic acids is 2. The van der Waals surface area contributed by atoms with E-state index in [1.54, 1.807) is 0 Å². The molecule has 2 aromatic heterocycles. The highest BCUT2D eigenvalue weighted by molar-refractivity contribution is 7.09. The Labute approximate surface area is 159 Å². The molecule has 0 saturated carbocycles. The van der Waals surface area contributed by atoms with E-state index in [0.717, 1.165) is 10.4 Å². The van der Waals surface area contributed by atoms with Crippen LogP contribution in [-0.2, 0) is 16.1 Å². The molecule has 1 N–H and O–H groups in total. The Kier molecular flexibility index (Phi) is 4.52. The largest absolute Gasteiger partial charge is 0.505 e. The summed E-state index contributed by atoms with van der Waals surface area (Å²) in [4.78, 5) is 36.0. The third kappa shape index (κ3) is 3.13. The van der Waals surface area contributed by atoms with E-state index in [0.29, 0.717) is 6.54 Å². The first-order valence-electron chi connectivity index (χ1n) is 8.29. The van der Waals surface area contributed by atoms with Crippen LogP contribution in [0, 0.1) is 0 Å². The molecule has 6 nitrogen and oxygen atoms in total. The van der Waals surface area contributed by atoms with Crippen molar-refractivity contribution in [3.05, 3.63) is 88.1 Å². The second-order valence-corrected chi connectivity index (χ2v) is 7.04. The molecule has 0 aliphatic carbocycles. The van der Waals surface area contributed by atoms with Crippen molar-refractivity contribution in [2.45, 2.75) is 12.6 Å². The number of aliphatic hydroxyl groups excluding tert-OH is 1. The average Bonchev–Trinajstić information content (AvgIpc) is 3.31. The Morgan fingerprint density at radius 2 is 1.93 bits per heavy atom. The smallest absolute Gasteiger partial charge is 0.295 e. The van der Waals surface area contributed by atoms with Gasteiger partial charge in [-0.1, -0.05) is 36.4 Å². The standard InChI is InChI=1S/C20H15N3O3S/c24-18(15-11-21-8-9-22-15)16-17(13-5-2-1-3-6-13)23(20(26)19(16)25)12-14-7-4-10-27-14/h1-11,17,24H,12H2/b18-16+. The van der Waals surface area contributed by atoms with Crippen LogP contribution in [0.15, 0.2) is 72.0 Å². The van der Waals surface area contributed by atoms with Crippen molar-refractivity contribution in [3.63, 3.8) is 0 Å². The molecule has 27 heavy (non-hydrogen) atoms. The maximum Gasteiger partial charge on any atom is 0.295 e. The summed E-state index contributed by atoms with van der Waals surface area (Å²) in [7, 11) is 0. The van der Waals surface area contributed by atoms with Crippen molar-refractivity contribution < 1.29 is 14.7 Å². The molecular weight excluding hydrogens is 362 g/mol. The predicted octanol–water partition coefficient (Wildman–Crippen LogP) is 3.16. The topological polar surface area (TPSA) is 83.4 Å². The van der Waals surface area contributed by atoms with Crippen LogP contribution >= 0.6 is 11.3 Å². The molecule has 1 aliphatic rings. The van der Waals surface area contributed by atoms with Gasteiger partial charge < -0.3 is 10.0 Å². The van der Waals surface area contributed by atoms with E-state index in [2.05, 4.69) is 9.97 Å². The second kappa shape index (κ2) is 7.13. The molecule has 0 bridgehead atoms. The summed E-state index contributed by atoms with van der Waals surface area (Å²) in [5.41, 5.74) is 0.939. The van der Waals surface area contributed by atoms with Crippen molar-refractivity contribution in [3.8, 4) is 0 Å². The monoisotopic (exact) mass is 377 g/mol. The van der Waals surface area contributed by atoms with Crippen LogP contribution in [0.4, 0.5) is 0 Å². The molecule has 1 saturated heterocycles. The Bertz CT molecular complexity index is 1000. The molecule has 1 fully saturated rings. The molecule has 0 radical (unpaired) electrons. The van der Waals surface area contributed by atoms with Gasteiger partial charge in [0.1, 0.15) is 5.69 Å². The molecule has 1 unspecified atom stereocenters. The number of hydrogen-bond donors (Lipinski definition) is 1. The summed E-state index contributed by atoms with van der Waals surface area (Å²) in [6.45, 7) is 0.291. The van der Waals surface area contributed by atoms with E-state index in [9.17, 15) is 14.7 Å². The lowest BCUT2D eigenvalue weighted by molar-refractivity contribution is -0.140. The average molecular weight is 377 g/mol. The fourth-order valence-electron chi connectivity index (χ4n) is 3.15. The highest BCUT2D eigenvalue weighted by Gasteiger charge is 2.46. The lowest BCUT2D eigenvalue weighted by atomic mass is 9.97. The number of amides is 1. The first-order chi connectivity index (χ1) is 13.2. The molecule has 3 aromatic rings. The minimum Gasteiger partial charge on any atom is -0.505 e. The molecule has 3 heterocycles. The maximum absolute atomic E-state index is 12.8. The number of thiophene rings is 1. The van der Waals surface area contributed by atoms with Gasteiger partial charge in [-0.2, -0.15) is 0 Å². The van der Waals surface area contributed by atoms with Crippen molar-refractivity contribution >= 4 is 28.8 Å². The van der Waals surface area contributed by atoms with Crippen LogP contribution < -0.4 is 0 Å². The Hall–Kier alpha value is -3.32. The molecular formula is C20H15N3O3S. The number of aromatic nitrogens is 2. The molecule has 1 aliphatic heterocycles. The summed E-state index contributed by atoms with van der Waals surface area (Å²) in [6.07, 6.45) is 4.26. The van der Waals surface area contributed by atoms with Gasteiger partial charge in [0.25, 0.3) is 11.7 Å². The van der Waals surface area contributed by atoms with E-state index in [1.807, 2.05) is 47.8 Å². The Morgan fingerprint density at radius 1 is 1.11 bits per heavy atom. The van der Waals surface area contributed by atoms with Crippen molar-refractivity contribution in [1.29, 1.82) is 0 Å². The zero-order chi connectivity index (χ0) is 18.8. The predicted molar refractivity (Wildman–Crippen MR) is 101 cm³/mol. The molecule has 134 valence electrons. The zero-order valence-corrected chi connectivity index (χ0v) is 15.0. The van der Waals surface area contributed by atoms with Gasteiger partial charge in [0.05, 0.1) is 24.4 Å². The molecule has 4 rings (SSSR count). The van der Waals surface area contributed by atoms with E-state index in [-0.39, 0.29) is 17.0 Å². The van der Waals surface area contributed by atoms with Gasteiger partial charge in [0, 0.05) is 17.3 Å². The Morgan fingerprint density at radius 3 is 2.59 bits per heavy atom. The third-order valence-electron chi connectivity index (χ3n) is 4.37. The normalized spacial score (nSPS) is 18.8. The number of rotatable bonds is 4. The summed E-state index contributed by atoms with van der Waals surface area (Å²) in [5, 5.41) is 12.7. The number of nitrogens with zero attached hydrogens (tertiary/aromatic N) is 3. The van der Waals surface area contributed by atoms with E-state index >= 15 is 0 Å². The fraction of sp³-hybridized carbons (Fsp3) is 0.100. The number of aliphatic hydroxyl groups is 1. The van der Waals surface area contributed by atoms with Gasteiger partial charge in [0.15, 0.2) is 5.76 Å². The first kappa shape index (κ1) is 17.1. The van der Waals surface area contributed by atoms with Crippen LogP contribution in [0.2, 0.25) is 0 Å². The number of benzene rings is 1. The molecule has 0 spiro atoms. The molecule has 1 amide bonds. The number of Topliss-reactive ketones (excluding diaryl/α,β-unsaturated/α-hetero) is 1. The molecule has 1 aromatic carbocycles. The van der Waals surface area contributed by atoms with Gasteiger partial charge in [-0.25, -0.2) is 4.98 Å². The Balaban J connectivity index is 1.86. The number of hydrogen-bond acceptors (Lipinski definition) is 6. The second-order valence-electron chi connectivity index (χ2n) is 6.01. The number of ketones is 1. The van der Waals surface area contributed by atoms with Crippen LogP contribution in [0.3, 0.4) is 0 Å². The summed E-state index contributed by atoms with van der Waals surface area (Å²) in [6, 6.07) is 12.3. The van der Waals surface area contributed by atoms with Gasteiger partial charge >= 0.3 is 0 Å². The third-order valence-corrected chi connectivity index (χ3v) is 5.23. The van der Waals surface area contributed by atoms with Gasteiger partial charge in [0.2, 0.25) is 0 Å². The quantitative estimate of drug-likeness (QED) is 0.429. The SMILES string of the molecule is O=C1C(=O)N(Cc2cccs2)C(c2ccccc2)/C1=C(\O)c1cnccn1. The maximum atomic E-state index is 12.8. The highest BCUT2D eigenvalue weighted by atomic mass is 32.1. The van der Waals surface area contributed by atoms with Crippen LogP contribution in [0.1, 0.15) is 22.2 Å². The minimum absolute atomic E-state index is 0.0308. The molecule has 1 atom stereocenters. The van der Waals surface area contributed by atoms with Crippen LogP contribution in [-0.4, -0.2) is 31.7 Å². The van der Waals surface area contributed by atoms with Gasteiger partial charge in [-0.3, -0.25) is 14.6 Å². The molecule has 7 heteroatoms. The number of carbonyl (C=O) groups is 2. The lowest BCUT2D eigenvalue weighted by Crippen LogP contribution is -2.28. The van der Waals surface area contributed by atoms with E-state index in [4.69, 9.17) is 0 Å². The summed E-state index contributed by atoms with van der Waals surface area (Å²) in [5.74, 6) is -1.67. The zero-order valence-electron chi connectivity index (χ0n) is 14.1. The van der Waals surface area contributed by atoms with E-state index in [1.165, 1.54) is 34.8 Å². The van der Waals surface area contributed by atoms with Crippen LogP contribution in [0.25, 0.3) is 5.76 Å².